The van der Waals surface area contributed by atoms with E-state index in [1.165, 1.54) is 0 Å². The number of aromatic nitrogens is 3. The van der Waals surface area contributed by atoms with E-state index in [1.807, 2.05) is 32.9 Å². The van der Waals surface area contributed by atoms with Gasteiger partial charge in [0.2, 0.25) is 5.91 Å². The molecule has 0 aromatic carbocycles. The van der Waals surface area contributed by atoms with E-state index in [0.29, 0.717) is 42.5 Å². The van der Waals surface area contributed by atoms with Gasteiger partial charge in [-0.05, 0) is 18.2 Å². The Kier molecular flexibility index (Phi) is 5.26. The van der Waals surface area contributed by atoms with Crippen LogP contribution in [-0.2, 0) is 24.3 Å². The maximum atomic E-state index is 12.7. The highest BCUT2D eigenvalue weighted by Gasteiger charge is 2.25. The number of hydrogen-bond acceptors (Lipinski definition) is 6. The zero-order chi connectivity index (χ0) is 21.3. The normalized spacial score (nSPS) is 14.4. The molecule has 2 N–H and O–H groups in total. The molecule has 0 bridgehead atoms. The molecule has 1 amide bonds. The number of carbonyl (C=O) groups excluding carboxylic acids is 1. The molecular formula is C22H25N5O3. The fraction of sp³-hybridized carbons (Fsp3) is 0.364. The molecule has 0 aliphatic carbocycles. The predicted molar refractivity (Wildman–Crippen MR) is 113 cm³/mol. The van der Waals surface area contributed by atoms with Crippen LogP contribution in [0.3, 0.4) is 0 Å². The highest BCUT2D eigenvalue weighted by molar-refractivity contribution is 5.94. The van der Waals surface area contributed by atoms with Crippen molar-refractivity contribution in [2.75, 3.05) is 11.9 Å². The van der Waals surface area contributed by atoms with Crippen LogP contribution in [0.2, 0.25) is 0 Å². The summed E-state index contributed by atoms with van der Waals surface area (Å²) in [6.45, 7) is 7.40. The number of hydrogen-bond donors (Lipinski definition) is 2. The number of carbonyl (C=O) groups is 1. The average molecular weight is 407 g/mol. The smallest absolute Gasteiger partial charge is 0.256 e. The SMILES string of the molecule is CC(C)(C)C(=O)Nc1ncccc1CN1CCc2nc(-c3ccco3)[nH]c(=O)c2C1. The van der Waals surface area contributed by atoms with Gasteiger partial charge in [0.25, 0.3) is 5.56 Å². The van der Waals surface area contributed by atoms with Crippen LogP contribution in [0.4, 0.5) is 5.82 Å². The van der Waals surface area contributed by atoms with Gasteiger partial charge in [0, 0.05) is 43.2 Å². The number of anilines is 1. The van der Waals surface area contributed by atoms with Crippen LogP contribution in [-0.4, -0.2) is 32.3 Å². The number of nitrogens with one attached hydrogen (secondary N) is 2. The van der Waals surface area contributed by atoms with E-state index >= 15 is 0 Å². The standard InChI is InChI=1S/C22H25N5O3/c1-22(2,3)21(29)26-18-14(6-4-9-23-18)12-27-10-8-16-15(13-27)20(28)25-19(24-16)17-7-5-11-30-17/h4-7,9,11H,8,10,12-13H2,1-3H3,(H,23,26,29)(H,24,25,28). The van der Waals surface area contributed by atoms with E-state index in [9.17, 15) is 9.59 Å². The van der Waals surface area contributed by atoms with Crippen molar-refractivity contribution in [1.82, 2.24) is 19.9 Å². The fourth-order valence-electron chi connectivity index (χ4n) is 3.36. The molecule has 3 aromatic rings. The summed E-state index contributed by atoms with van der Waals surface area (Å²) in [5.41, 5.74) is 1.72. The summed E-state index contributed by atoms with van der Waals surface area (Å²) in [4.78, 5) is 39.0. The minimum Gasteiger partial charge on any atom is -0.461 e. The summed E-state index contributed by atoms with van der Waals surface area (Å²) in [5, 5.41) is 2.93. The van der Waals surface area contributed by atoms with Crippen molar-refractivity contribution in [3.8, 4) is 11.6 Å². The lowest BCUT2D eigenvalue weighted by Crippen LogP contribution is -2.36. The lowest BCUT2D eigenvalue weighted by molar-refractivity contribution is -0.123. The molecule has 0 atom stereocenters. The molecule has 0 saturated carbocycles. The lowest BCUT2D eigenvalue weighted by atomic mass is 9.95. The molecule has 0 spiro atoms. The molecule has 1 aliphatic rings. The van der Waals surface area contributed by atoms with Crippen LogP contribution >= 0.6 is 0 Å². The Bertz CT molecular complexity index is 1110. The van der Waals surface area contributed by atoms with Crippen LogP contribution in [0.5, 0.6) is 0 Å². The third kappa shape index (κ3) is 4.18. The second-order valence-corrected chi connectivity index (χ2v) is 8.49. The summed E-state index contributed by atoms with van der Waals surface area (Å²) < 4.78 is 5.35. The van der Waals surface area contributed by atoms with Crippen LogP contribution < -0.4 is 10.9 Å². The van der Waals surface area contributed by atoms with E-state index in [2.05, 4.69) is 25.2 Å². The zero-order valence-corrected chi connectivity index (χ0v) is 17.4. The number of aromatic amines is 1. The Hall–Kier alpha value is -3.26. The molecule has 4 rings (SSSR count). The van der Waals surface area contributed by atoms with Crippen molar-refractivity contribution in [1.29, 1.82) is 0 Å². The summed E-state index contributed by atoms with van der Waals surface area (Å²) >= 11 is 0. The molecule has 4 heterocycles. The van der Waals surface area contributed by atoms with Gasteiger partial charge in [0.15, 0.2) is 11.6 Å². The van der Waals surface area contributed by atoms with Crippen molar-refractivity contribution >= 4 is 11.7 Å². The van der Waals surface area contributed by atoms with E-state index in [-0.39, 0.29) is 11.5 Å². The maximum Gasteiger partial charge on any atom is 0.256 e. The molecule has 0 fully saturated rings. The van der Waals surface area contributed by atoms with E-state index in [4.69, 9.17) is 4.42 Å². The molecule has 0 radical (unpaired) electrons. The van der Waals surface area contributed by atoms with Gasteiger partial charge in [0.05, 0.1) is 17.5 Å². The Balaban J connectivity index is 1.53. The molecule has 0 saturated heterocycles. The predicted octanol–water partition coefficient (Wildman–Crippen LogP) is 2.97. The van der Waals surface area contributed by atoms with Gasteiger partial charge >= 0.3 is 0 Å². The van der Waals surface area contributed by atoms with Crippen LogP contribution in [0.15, 0.2) is 45.9 Å². The van der Waals surface area contributed by atoms with Crippen molar-refractivity contribution in [2.45, 2.75) is 40.3 Å². The third-order valence-corrected chi connectivity index (χ3v) is 5.10. The molecule has 3 aromatic heterocycles. The first kappa shape index (κ1) is 20.0. The number of amides is 1. The Morgan fingerprint density at radius 1 is 1.30 bits per heavy atom. The van der Waals surface area contributed by atoms with Gasteiger partial charge in [-0.15, -0.1) is 0 Å². The number of furan rings is 1. The number of pyridine rings is 1. The van der Waals surface area contributed by atoms with Gasteiger partial charge in [-0.3, -0.25) is 14.5 Å². The highest BCUT2D eigenvalue weighted by atomic mass is 16.3. The third-order valence-electron chi connectivity index (χ3n) is 5.10. The molecule has 30 heavy (non-hydrogen) atoms. The van der Waals surface area contributed by atoms with Crippen LogP contribution in [0.25, 0.3) is 11.6 Å². The largest absolute Gasteiger partial charge is 0.461 e. The fourth-order valence-corrected chi connectivity index (χ4v) is 3.36. The van der Waals surface area contributed by atoms with Crippen molar-refractivity contribution in [3.63, 3.8) is 0 Å². The van der Waals surface area contributed by atoms with Gasteiger partial charge in [0.1, 0.15) is 5.82 Å². The minimum absolute atomic E-state index is 0.0856. The van der Waals surface area contributed by atoms with Crippen LogP contribution in [0.1, 0.15) is 37.6 Å². The van der Waals surface area contributed by atoms with Crippen molar-refractivity contribution in [3.05, 3.63) is 63.9 Å². The Morgan fingerprint density at radius 2 is 2.13 bits per heavy atom. The Morgan fingerprint density at radius 3 is 2.87 bits per heavy atom. The monoisotopic (exact) mass is 407 g/mol. The second kappa shape index (κ2) is 7.87. The van der Waals surface area contributed by atoms with Crippen molar-refractivity contribution in [2.24, 2.45) is 5.41 Å². The number of nitrogens with zero attached hydrogens (tertiary/aromatic N) is 3. The van der Waals surface area contributed by atoms with Gasteiger partial charge in [-0.2, -0.15) is 0 Å². The van der Waals surface area contributed by atoms with E-state index in [1.54, 1.807) is 24.6 Å². The molecule has 156 valence electrons. The van der Waals surface area contributed by atoms with Gasteiger partial charge in [-0.25, -0.2) is 9.97 Å². The zero-order valence-electron chi connectivity index (χ0n) is 17.4. The van der Waals surface area contributed by atoms with E-state index < -0.39 is 5.41 Å². The first-order chi connectivity index (χ1) is 14.3. The molecule has 8 nitrogen and oxygen atoms in total. The maximum absolute atomic E-state index is 12.7. The number of H-pyrrole nitrogens is 1. The second-order valence-electron chi connectivity index (χ2n) is 8.49. The summed E-state index contributed by atoms with van der Waals surface area (Å²) in [6.07, 6.45) is 3.88. The Labute approximate surface area is 174 Å². The number of fused-ring (bicyclic) bond motifs is 1. The van der Waals surface area contributed by atoms with Crippen LogP contribution in [0, 0.1) is 5.41 Å². The quantitative estimate of drug-likeness (QED) is 0.689. The first-order valence-electron chi connectivity index (χ1n) is 9.95. The molecular weight excluding hydrogens is 382 g/mol. The summed E-state index contributed by atoms with van der Waals surface area (Å²) in [6, 6.07) is 7.34. The average Bonchev–Trinajstić information content (AvgIpc) is 3.24. The minimum atomic E-state index is -0.510. The molecule has 1 aliphatic heterocycles. The number of rotatable bonds is 4. The summed E-state index contributed by atoms with van der Waals surface area (Å²) in [7, 11) is 0. The molecule has 0 unspecified atom stereocenters. The topological polar surface area (TPSA) is 104 Å². The highest BCUT2D eigenvalue weighted by Crippen LogP contribution is 2.23. The van der Waals surface area contributed by atoms with Gasteiger partial charge < -0.3 is 14.7 Å². The van der Waals surface area contributed by atoms with Crippen molar-refractivity contribution < 1.29 is 9.21 Å². The molecule has 8 heteroatoms. The lowest BCUT2D eigenvalue weighted by Gasteiger charge is -2.28. The first-order valence-corrected chi connectivity index (χ1v) is 9.95. The van der Waals surface area contributed by atoms with E-state index in [0.717, 1.165) is 17.8 Å². The summed E-state index contributed by atoms with van der Waals surface area (Å²) in [5.74, 6) is 1.48. The van der Waals surface area contributed by atoms with Gasteiger partial charge in [-0.1, -0.05) is 26.8 Å².